The van der Waals surface area contributed by atoms with Gasteiger partial charge < -0.3 is 15.2 Å². The monoisotopic (exact) mass is 266 g/mol. The standard InChI is InChI=1S/C13H22N4O2/c1-9(14)13(18)17-6-4-16(5-7-17)8-12-10(2)15-19-11(12)3/h9H,4-8,14H2,1-3H3/t9-/m1/s1. The predicted octanol–water partition coefficient (Wildman–Crippen LogP) is 0.283. The number of rotatable bonds is 3. The molecule has 1 fully saturated rings. The SMILES string of the molecule is Cc1noc(C)c1CN1CCN(C(=O)[C@@H](C)N)CC1. The number of aromatic nitrogens is 1. The molecule has 0 aliphatic carbocycles. The number of nitrogens with zero attached hydrogens (tertiary/aromatic N) is 3. The summed E-state index contributed by atoms with van der Waals surface area (Å²) in [5.41, 5.74) is 7.74. The number of piperazine rings is 1. The zero-order chi connectivity index (χ0) is 14.0. The second-order valence-electron chi connectivity index (χ2n) is 5.19. The maximum atomic E-state index is 11.8. The maximum Gasteiger partial charge on any atom is 0.239 e. The quantitative estimate of drug-likeness (QED) is 0.850. The van der Waals surface area contributed by atoms with E-state index in [0.717, 1.165) is 49.7 Å². The number of carbonyl (C=O) groups excluding carboxylic acids is 1. The van der Waals surface area contributed by atoms with Gasteiger partial charge in [-0.05, 0) is 20.8 Å². The van der Waals surface area contributed by atoms with E-state index in [2.05, 4.69) is 10.1 Å². The number of carbonyl (C=O) groups is 1. The van der Waals surface area contributed by atoms with Crippen molar-refractivity contribution in [2.45, 2.75) is 33.4 Å². The molecular weight excluding hydrogens is 244 g/mol. The second-order valence-corrected chi connectivity index (χ2v) is 5.19. The van der Waals surface area contributed by atoms with E-state index in [1.165, 1.54) is 0 Å². The first kappa shape index (κ1) is 14.0. The Labute approximate surface area is 113 Å². The predicted molar refractivity (Wildman–Crippen MR) is 71.5 cm³/mol. The number of nitrogens with two attached hydrogens (primary N) is 1. The minimum absolute atomic E-state index is 0.0389. The Morgan fingerprint density at radius 3 is 2.47 bits per heavy atom. The summed E-state index contributed by atoms with van der Waals surface area (Å²) in [6.07, 6.45) is 0. The molecule has 2 rings (SSSR count). The lowest BCUT2D eigenvalue weighted by atomic mass is 10.1. The van der Waals surface area contributed by atoms with Crippen molar-refractivity contribution in [1.82, 2.24) is 15.0 Å². The average molecular weight is 266 g/mol. The molecule has 1 aliphatic rings. The maximum absolute atomic E-state index is 11.8. The molecule has 1 saturated heterocycles. The fraction of sp³-hybridized carbons (Fsp3) is 0.692. The molecule has 0 aromatic carbocycles. The fourth-order valence-electron chi connectivity index (χ4n) is 2.37. The molecule has 1 aromatic heterocycles. The molecule has 1 atom stereocenters. The van der Waals surface area contributed by atoms with Crippen molar-refractivity contribution < 1.29 is 9.32 Å². The fourth-order valence-corrected chi connectivity index (χ4v) is 2.37. The van der Waals surface area contributed by atoms with Crippen molar-refractivity contribution in [3.63, 3.8) is 0 Å². The van der Waals surface area contributed by atoms with Gasteiger partial charge in [0.25, 0.3) is 0 Å². The molecule has 19 heavy (non-hydrogen) atoms. The van der Waals surface area contributed by atoms with Gasteiger partial charge >= 0.3 is 0 Å². The summed E-state index contributed by atoms with van der Waals surface area (Å²) in [5.74, 6) is 0.920. The van der Waals surface area contributed by atoms with Gasteiger partial charge in [0, 0.05) is 38.3 Å². The van der Waals surface area contributed by atoms with Gasteiger partial charge in [0.15, 0.2) is 0 Å². The van der Waals surface area contributed by atoms with Gasteiger partial charge in [-0.1, -0.05) is 5.16 Å². The van der Waals surface area contributed by atoms with Crippen molar-refractivity contribution in [2.75, 3.05) is 26.2 Å². The van der Waals surface area contributed by atoms with Crippen LogP contribution in [0.5, 0.6) is 0 Å². The summed E-state index contributed by atoms with van der Waals surface area (Å²) >= 11 is 0. The Bertz CT molecular complexity index is 428. The Morgan fingerprint density at radius 2 is 2.00 bits per heavy atom. The molecule has 1 aromatic rings. The number of hydrogen-bond acceptors (Lipinski definition) is 5. The Hall–Kier alpha value is -1.40. The smallest absolute Gasteiger partial charge is 0.239 e. The van der Waals surface area contributed by atoms with Crippen LogP contribution < -0.4 is 5.73 Å². The molecular formula is C13H22N4O2. The topological polar surface area (TPSA) is 75.6 Å². The summed E-state index contributed by atoms with van der Waals surface area (Å²) < 4.78 is 5.17. The number of hydrogen-bond donors (Lipinski definition) is 1. The Morgan fingerprint density at radius 1 is 1.37 bits per heavy atom. The summed E-state index contributed by atoms with van der Waals surface area (Å²) in [6, 6.07) is -0.408. The third-order valence-electron chi connectivity index (χ3n) is 3.64. The van der Waals surface area contributed by atoms with E-state index >= 15 is 0 Å². The van der Waals surface area contributed by atoms with Crippen LogP contribution in [0.4, 0.5) is 0 Å². The van der Waals surface area contributed by atoms with E-state index in [4.69, 9.17) is 10.3 Å². The van der Waals surface area contributed by atoms with Gasteiger partial charge in [-0.2, -0.15) is 0 Å². The molecule has 106 valence electrons. The summed E-state index contributed by atoms with van der Waals surface area (Å²) in [5, 5.41) is 3.97. The van der Waals surface area contributed by atoms with Crippen LogP contribution >= 0.6 is 0 Å². The van der Waals surface area contributed by atoms with Crippen molar-refractivity contribution in [3.8, 4) is 0 Å². The number of aryl methyl sites for hydroxylation is 2. The van der Waals surface area contributed by atoms with Gasteiger partial charge in [0.05, 0.1) is 11.7 Å². The van der Waals surface area contributed by atoms with Crippen LogP contribution in [0.15, 0.2) is 4.52 Å². The first-order valence-electron chi connectivity index (χ1n) is 6.67. The number of amides is 1. The summed E-state index contributed by atoms with van der Waals surface area (Å²) in [6.45, 7) is 9.67. The van der Waals surface area contributed by atoms with E-state index in [1.807, 2.05) is 18.7 Å². The van der Waals surface area contributed by atoms with Gasteiger partial charge in [0.1, 0.15) is 5.76 Å². The van der Waals surface area contributed by atoms with Gasteiger partial charge in [-0.25, -0.2) is 0 Å². The third kappa shape index (κ3) is 3.13. The average Bonchev–Trinajstić information content (AvgIpc) is 2.70. The lowest BCUT2D eigenvalue weighted by molar-refractivity contribution is -0.134. The van der Waals surface area contributed by atoms with Crippen LogP contribution in [0.3, 0.4) is 0 Å². The lowest BCUT2D eigenvalue weighted by Crippen LogP contribution is -2.52. The highest BCUT2D eigenvalue weighted by Gasteiger charge is 2.24. The molecule has 0 unspecified atom stereocenters. The van der Waals surface area contributed by atoms with E-state index in [9.17, 15) is 4.79 Å². The normalized spacial score (nSPS) is 18.6. The molecule has 2 N–H and O–H groups in total. The highest BCUT2D eigenvalue weighted by Crippen LogP contribution is 2.16. The van der Waals surface area contributed by atoms with Crippen LogP contribution in [0, 0.1) is 13.8 Å². The van der Waals surface area contributed by atoms with E-state index in [0.29, 0.717) is 0 Å². The summed E-state index contributed by atoms with van der Waals surface area (Å²) in [7, 11) is 0. The van der Waals surface area contributed by atoms with Crippen LogP contribution in [-0.2, 0) is 11.3 Å². The van der Waals surface area contributed by atoms with E-state index < -0.39 is 6.04 Å². The zero-order valence-corrected chi connectivity index (χ0v) is 11.8. The summed E-state index contributed by atoms with van der Waals surface area (Å²) in [4.78, 5) is 15.9. The molecule has 0 saturated carbocycles. The van der Waals surface area contributed by atoms with Crippen LogP contribution in [0.1, 0.15) is 23.9 Å². The van der Waals surface area contributed by atoms with Crippen molar-refractivity contribution in [1.29, 1.82) is 0 Å². The third-order valence-corrected chi connectivity index (χ3v) is 3.64. The minimum atomic E-state index is -0.408. The second kappa shape index (κ2) is 5.71. The molecule has 6 nitrogen and oxygen atoms in total. The van der Waals surface area contributed by atoms with E-state index in [1.54, 1.807) is 6.92 Å². The van der Waals surface area contributed by atoms with Crippen LogP contribution in [0.25, 0.3) is 0 Å². The molecule has 6 heteroatoms. The van der Waals surface area contributed by atoms with Crippen LogP contribution in [0.2, 0.25) is 0 Å². The van der Waals surface area contributed by atoms with Crippen LogP contribution in [-0.4, -0.2) is 53.1 Å². The minimum Gasteiger partial charge on any atom is -0.361 e. The Kier molecular flexibility index (Phi) is 4.21. The lowest BCUT2D eigenvalue weighted by Gasteiger charge is -2.35. The zero-order valence-electron chi connectivity index (χ0n) is 11.8. The highest BCUT2D eigenvalue weighted by atomic mass is 16.5. The van der Waals surface area contributed by atoms with Gasteiger partial charge in [-0.3, -0.25) is 9.69 Å². The molecule has 0 spiro atoms. The van der Waals surface area contributed by atoms with Gasteiger partial charge in [-0.15, -0.1) is 0 Å². The molecule has 1 aliphatic heterocycles. The van der Waals surface area contributed by atoms with E-state index in [-0.39, 0.29) is 5.91 Å². The van der Waals surface area contributed by atoms with Crippen molar-refractivity contribution in [2.24, 2.45) is 5.73 Å². The molecule has 0 bridgehead atoms. The largest absolute Gasteiger partial charge is 0.361 e. The first-order chi connectivity index (χ1) is 8.99. The van der Waals surface area contributed by atoms with Crippen molar-refractivity contribution >= 4 is 5.91 Å². The first-order valence-corrected chi connectivity index (χ1v) is 6.67. The molecule has 0 radical (unpaired) electrons. The highest BCUT2D eigenvalue weighted by molar-refractivity contribution is 5.81. The van der Waals surface area contributed by atoms with Crippen molar-refractivity contribution in [3.05, 3.63) is 17.0 Å². The Balaban J connectivity index is 1.89. The molecule has 1 amide bonds. The van der Waals surface area contributed by atoms with Gasteiger partial charge in [0.2, 0.25) is 5.91 Å². The molecule has 2 heterocycles.